The van der Waals surface area contributed by atoms with Crippen molar-refractivity contribution in [2.24, 2.45) is 0 Å². The quantitative estimate of drug-likeness (QED) is 0.305. The van der Waals surface area contributed by atoms with E-state index in [2.05, 4.69) is 61.4 Å². The van der Waals surface area contributed by atoms with Gasteiger partial charge in [-0.1, -0.05) is 60.7 Å². The third kappa shape index (κ3) is 7.70. The average Bonchev–Trinajstić information content (AvgIpc) is 2.86. The topological polar surface area (TPSA) is 69.6 Å². The van der Waals surface area contributed by atoms with Gasteiger partial charge in [0, 0.05) is 17.6 Å². The lowest BCUT2D eigenvalue weighted by atomic mass is 9.91. The second-order valence-electron chi connectivity index (χ2n) is 10.2. The molecular formula is C31H38N2O3S. The van der Waals surface area contributed by atoms with Crippen molar-refractivity contribution in [1.82, 2.24) is 10.2 Å². The second kappa shape index (κ2) is 12.9. The van der Waals surface area contributed by atoms with Crippen molar-refractivity contribution in [3.05, 3.63) is 95.1 Å². The maximum Gasteiger partial charge on any atom is 0.326 e. The van der Waals surface area contributed by atoms with Gasteiger partial charge in [-0.2, -0.15) is 11.8 Å². The number of nitrogens with one attached hydrogen (secondary N) is 1. The number of aryl methyl sites for hydroxylation is 1. The number of carbonyl (C=O) groups excluding carboxylic acids is 1. The van der Waals surface area contributed by atoms with Crippen LogP contribution in [0.1, 0.15) is 47.3 Å². The molecule has 0 unspecified atom stereocenters. The molecule has 0 aliphatic heterocycles. The zero-order valence-electron chi connectivity index (χ0n) is 22.5. The molecule has 0 aliphatic rings. The fourth-order valence-electron chi connectivity index (χ4n) is 4.43. The highest BCUT2D eigenvalue weighted by atomic mass is 32.2. The number of likely N-dealkylation sites (N-methyl/N-ethyl adjacent to an activating group) is 1. The molecule has 3 rings (SSSR count). The van der Waals surface area contributed by atoms with E-state index in [9.17, 15) is 14.7 Å². The smallest absolute Gasteiger partial charge is 0.326 e. The molecular weight excluding hydrogens is 480 g/mol. The molecule has 0 saturated heterocycles. The van der Waals surface area contributed by atoms with E-state index in [1.807, 2.05) is 55.6 Å². The Kier molecular flexibility index (Phi) is 9.95. The minimum atomic E-state index is -1.02. The summed E-state index contributed by atoms with van der Waals surface area (Å²) in [5.41, 5.74) is 5.64. The zero-order chi connectivity index (χ0) is 27.0. The van der Waals surface area contributed by atoms with Crippen LogP contribution in [0.2, 0.25) is 0 Å². The monoisotopic (exact) mass is 518 g/mol. The predicted molar refractivity (Wildman–Crippen MR) is 154 cm³/mol. The number of nitrogens with zero attached hydrogens (tertiary/aromatic N) is 1. The maximum absolute atomic E-state index is 13.3. The molecule has 3 aromatic carbocycles. The number of thioether (sulfide) groups is 1. The first-order valence-corrected chi connectivity index (χ1v) is 14.0. The van der Waals surface area contributed by atoms with Crippen LogP contribution in [0.4, 0.5) is 0 Å². The number of amides is 1. The van der Waals surface area contributed by atoms with Crippen LogP contribution >= 0.6 is 11.8 Å². The number of carbonyl (C=O) groups is 2. The third-order valence-electron chi connectivity index (χ3n) is 6.91. The van der Waals surface area contributed by atoms with E-state index in [0.717, 1.165) is 28.7 Å². The standard InChI is InChI=1S/C31H38N2O3S/c1-22-11-9-10-14-25(22)27-19-24(21-33(4)31(2,3)20-23-12-7-6-8-13-23)15-16-26(27)29(34)32-28(30(35)36)17-18-37-5/h6-16,19,28H,17-18,20-21H2,1-5H3,(H,32,34)(H,35,36)/t28-/m0/s1. The second-order valence-corrected chi connectivity index (χ2v) is 11.2. The Bertz CT molecular complexity index is 1210. The van der Waals surface area contributed by atoms with E-state index in [1.165, 1.54) is 5.56 Å². The molecule has 0 aliphatic carbocycles. The minimum Gasteiger partial charge on any atom is -0.480 e. The van der Waals surface area contributed by atoms with E-state index in [1.54, 1.807) is 11.8 Å². The largest absolute Gasteiger partial charge is 0.480 e. The molecule has 0 fully saturated rings. The maximum atomic E-state index is 13.3. The summed E-state index contributed by atoms with van der Waals surface area (Å²) in [5.74, 6) is -0.721. The molecule has 3 aromatic rings. The summed E-state index contributed by atoms with van der Waals surface area (Å²) < 4.78 is 0. The number of aliphatic carboxylic acids is 1. The number of carboxylic acid groups (broad SMARTS) is 1. The normalized spacial score (nSPS) is 12.4. The van der Waals surface area contributed by atoms with Crippen LogP contribution in [0.5, 0.6) is 0 Å². The number of rotatable bonds is 12. The van der Waals surface area contributed by atoms with Crippen LogP contribution in [-0.4, -0.2) is 52.5 Å². The molecule has 0 heterocycles. The van der Waals surface area contributed by atoms with Crippen LogP contribution < -0.4 is 5.32 Å². The van der Waals surface area contributed by atoms with Gasteiger partial charge in [0.15, 0.2) is 0 Å². The van der Waals surface area contributed by atoms with Crippen LogP contribution in [0.3, 0.4) is 0 Å². The van der Waals surface area contributed by atoms with Crippen molar-refractivity contribution in [2.75, 3.05) is 19.1 Å². The summed E-state index contributed by atoms with van der Waals surface area (Å²) in [5, 5.41) is 12.4. The lowest BCUT2D eigenvalue weighted by molar-refractivity contribution is -0.139. The highest BCUT2D eigenvalue weighted by Gasteiger charge is 2.26. The van der Waals surface area contributed by atoms with E-state index in [-0.39, 0.29) is 11.4 Å². The first-order valence-electron chi connectivity index (χ1n) is 12.6. The first kappa shape index (κ1) is 28.5. The minimum absolute atomic E-state index is 0.0772. The van der Waals surface area contributed by atoms with Crippen LogP contribution in [-0.2, 0) is 17.8 Å². The van der Waals surface area contributed by atoms with Gasteiger partial charge in [-0.05, 0) is 92.6 Å². The van der Waals surface area contributed by atoms with Crippen molar-refractivity contribution in [3.63, 3.8) is 0 Å². The summed E-state index contributed by atoms with van der Waals surface area (Å²) in [6.45, 7) is 7.22. The van der Waals surface area contributed by atoms with E-state index < -0.39 is 12.0 Å². The van der Waals surface area contributed by atoms with Crippen molar-refractivity contribution < 1.29 is 14.7 Å². The van der Waals surface area contributed by atoms with Gasteiger partial charge in [0.1, 0.15) is 6.04 Å². The van der Waals surface area contributed by atoms with Crippen molar-refractivity contribution >= 4 is 23.6 Å². The van der Waals surface area contributed by atoms with Gasteiger partial charge in [0.25, 0.3) is 5.91 Å². The first-order chi connectivity index (χ1) is 17.6. The summed E-state index contributed by atoms with van der Waals surface area (Å²) in [4.78, 5) is 27.4. The molecule has 0 radical (unpaired) electrons. The Hall–Kier alpha value is -3.09. The molecule has 0 spiro atoms. The molecule has 37 heavy (non-hydrogen) atoms. The number of benzene rings is 3. The van der Waals surface area contributed by atoms with Crippen LogP contribution in [0.25, 0.3) is 11.1 Å². The molecule has 6 heteroatoms. The Morgan fingerprint density at radius 1 is 0.973 bits per heavy atom. The molecule has 0 saturated carbocycles. The highest BCUT2D eigenvalue weighted by Crippen LogP contribution is 2.30. The van der Waals surface area contributed by atoms with Gasteiger partial charge in [0.2, 0.25) is 0 Å². The number of carboxylic acids is 1. The van der Waals surface area contributed by atoms with Crippen molar-refractivity contribution in [1.29, 1.82) is 0 Å². The molecule has 2 N–H and O–H groups in total. The van der Waals surface area contributed by atoms with Crippen LogP contribution in [0.15, 0.2) is 72.8 Å². The number of hydrogen-bond donors (Lipinski definition) is 2. The molecule has 196 valence electrons. The predicted octanol–water partition coefficient (Wildman–Crippen LogP) is 6.05. The van der Waals surface area contributed by atoms with Crippen molar-refractivity contribution in [3.8, 4) is 11.1 Å². The lowest BCUT2D eigenvalue weighted by Gasteiger charge is -2.36. The van der Waals surface area contributed by atoms with E-state index in [0.29, 0.717) is 24.3 Å². The van der Waals surface area contributed by atoms with Crippen molar-refractivity contribution in [2.45, 2.75) is 51.7 Å². The fraction of sp³-hybridized carbons (Fsp3) is 0.355. The molecule has 0 aromatic heterocycles. The van der Waals surface area contributed by atoms with Gasteiger partial charge in [-0.25, -0.2) is 4.79 Å². The summed E-state index contributed by atoms with van der Waals surface area (Å²) in [7, 11) is 2.13. The van der Waals surface area contributed by atoms with Gasteiger partial charge in [0.05, 0.1) is 0 Å². The molecule has 1 amide bonds. The molecule has 0 bridgehead atoms. The molecule has 5 nitrogen and oxygen atoms in total. The van der Waals surface area contributed by atoms with Gasteiger partial charge < -0.3 is 10.4 Å². The van der Waals surface area contributed by atoms with E-state index >= 15 is 0 Å². The Balaban J connectivity index is 1.91. The van der Waals surface area contributed by atoms with Crippen LogP contribution in [0, 0.1) is 6.92 Å². The lowest BCUT2D eigenvalue weighted by Crippen LogP contribution is -2.42. The highest BCUT2D eigenvalue weighted by molar-refractivity contribution is 7.98. The zero-order valence-corrected chi connectivity index (χ0v) is 23.3. The Labute approximate surface area is 225 Å². The Morgan fingerprint density at radius 3 is 2.30 bits per heavy atom. The average molecular weight is 519 g/mol. The van der Waals surface area contributed by atoms with Gasteiger partial charge >= 0.3 is 5.97 Å². The fourth-order valence-corrected chi connectivity index (χ4v) is 4.90. The SMILES string of the molecule is CSCC[C@H](NC(=O)c1ccc(CN(C)C(C)(C)Cc2ccccc2)cc1-c1ccccc1C)C(=O)O. The summed E-state index contributed by atoms with van der Waals surface area (Å²) >= 11 is 1.56. The van der Waals surface area contributed by atoms with Gasteiger partial charge in [-0.3, -0.25) is 9.69 Å². The third-order valence-corrected chi connectivity index (χ3v) is 7.55. The Morgan fingerprint density at radius 2 is 1.65 bits per heavy atom. The van der Waals surface area contributed by atoms with E-state index in [4.69, 9.17) is 0 Å². The number of hydrogen-bond acceptors (Lipinski definition) is 4. The molecule has 1 atom stereocenters. The summed E-state index contributed by atoms with van der Waals surface area (Å²) in [6.07, 6.45) is 3.22. The van der Waals surface area contributed by atoms with Gasteiger partial charge in [-0.15, -0.1) is 0 Å². The summed E-state index contributed by atoms with van der Waals surface area (Å²) in [6, 6.07) is 23.4.